The molecule has 25 heavy (non-hydrogen) atoms. The van der Waals surface area contributed by atoms with Crippen molar-refractivity contribution in [2.24, 2.45) is 0 Å². The Kier molecular flexibility index (Phi) is 11.0. The molecule has 1 aromatic rings. The van der Waals surface area contributed by atoms with Gasteiger partial charge in [0.25, 0.3) is 0 Å². The molecule has 0 atom stereocenters. The Bertz CT molecular complexity index is 508. The van der Waals surface area contributed by atoms with Crippen molar-refractivity contribution in [3.8, 4) is 11.5 Å². The van der Waals surface area contributed by atoms with Crippen LogP contribution < -0.4 is 0 Å². The number of hydrogen-bond acceptors (Lipinski definition) is 3. The Labute approximate surface area is 153 Å². The number of benzene rings is 1. The van der Waals surface area contributed by atoms with Crippen molar-refractivity contribution in [1.82, 2.24) is 0 Å². The van der Waals surface area contributed by atoms with Gasteiger partial charge in [-0.05, 0) is 37.0 Å². The van der Waals surface area contributed by atoms with Gasteiger partial charge in [0.2, 0.25) is 0 Å². The molecule has 1 rings (SSSR count). The van der Waals surface area contributed by atoms with Gasteiger partial charge in [-0.2, -0.15) is 0 Å². The fraction of sp³-hybridized carbons (Fsp3) is 0.682. The number of carbonyl (C=O) groups excluding carboxylic acids is 1. The van der Waals surface area contributed by atoms with Crippen LogP contribution >= 0.6 is 0 Å². The highest BCUT2D eigenvalue weighted by Crippen LogP contribution is 2.30. The molecule has 2 N–H and O–H groups in total. The summed E-state index contributed by atoms with van der Waals surface area (Å²) < 4.78 is 0. The normalized spacial score (nSPS) is 11.0. The van der Waals surface area contributed by atoms with Gasteiger partial charge in [-0.3, -0.25) is 4.79 Å². The first-order valence-electron chi connectivity index (χ1n) is 10.2. The Morgan fingerprint density at radius 2 is 1.36 bits per heavy atom. The first kappa shape index (κ1) is 21.5. The van der Waals surface area contributed by atoms with Crippen molar-refractivity contribution in [3.05, 3.63) is 23.3 Å². The molecular weight excluding hydrogens is 312 g/mol. The van der Waals surface area contributed by atoms with Crippen LogP contribution in [0.2, 0.25) is 0 Å². The highest BCUT2D eigenvalue weighted by atomic mass is 16.3. The zero-order valence-corrected chi connectivity index (χ0v) is 16.1. The summed E-state index contributed by atoms with van der Waals surface area (Å²) in [6, 6.07) is 3.01. The number of unbranched alkanes of at least 4 members (excludes halogenated alkanes) is 9. The second kappa shape index (κ2) is 12.8. The summed E-state index contributed by atoms with van der Waals surface area (Å²) in [5.74, 6) is 0.0899. The monoisotopic (exact) mass is 348 g/mol. The van der Waals surface area contributed by atoms with Gasteiger partial charge in [0.15, 0.2) is 5.78 Å². The smallest absolute Gasteiger partial charge is 0.166 e. The summed E-state index contributed by atoms with van der Waals surface area (Å²) in [7, 11) is 0. The summed E-state index contributed by atoms with van der Waals surface area (Å²) in [6.07, 6.45) is 13.6. The van der Waals surface area contributed by atoms with E-state index in [1.54, 1.807) is 6.07 Å². The molecule has 0 amide bonds. The average molecular weight is 349 g/mol. The molecular formula is C22H36O3. The van der Waals surface area contributed by atoms with Gasteiger partial charge >= 0.3 is 0 Å². The third-order valence-corrected chi connectivity index (χ3v) is 4.78. The predicted octanol–water partition coefficient (Wildman–Crippen LogP) is 6.54. The van der Waals surface area contributed by atoms with E-state index in [2.05, 4.69) is 13.8 Å². The van der Waals surface area contributed by atoms with Gasteiger partial charge < -0.3 is 10.2 Å². The number of phenols is 2. The fourth-order valence-corrected chi connectivity index (χ4v) is 3.20. The SMILES string of the molecule is CCCCCCCCc1cc(O)cc(C(=O)CCCCCCC)c1O. The van der Waals surface area contributed by atoms with Crippen molar-refractivity contribution in [3.63, 3.8) is 0 Å². The standard InChI is InChI=1S/C22H36O3/c1-3-5-7-9-11-12-14-18-16-19(23)17-20(22(18)25)21(24)15-13-10-8-6-4-2/h16-17,23,25H,3-15H2,1-2H3. The lowest BCUT2D eigenvalue weighted by molar-refractivity contribution is 0.0976. The van der Waals surface area contributed by atoms with Gasteiger partial charge in [0.1, 0.15) is 11.5 Å². The van der Waals surface area contributed by atoms with Crippen LogP contribution in [0.25, 0.3) is 0 Å². The van der Waals surface area contributed by atoms with Crippen molar-refractivity contribution in [1.29, 1.82) is 0 Å². The Hall–Kier alpha value is -1.51. The molecule has 0 aliphatic heterocycles. The van der Waals surface area contributed by atoms with Crippen molar-refractivity contribution in [2.75, 3.05) is 0 Å². The van der Waals surface area contributed by atoms with Crippen LogP contribution in [0.3, 0.4) is 0 Å². The van der Waals surface area contributed by atoms with E-state index in [1.807, 2.05) is 0 Å². The molecule has 0 saturated carbocycles. The number of aromatic hydroxyl groups is 2. The topological polar surface area (TPSA) is 57.5 Å². The van der Waals surface area contributed by atoms with Crippen molar-refractivity contribution < 1.29 is 15.0 Å². The lowest BCUT2D eigenvalue weighted by atomic mass is 9.97. The molecule has 0 aliphatic rings. The number of ketones is 1. The van der Waals surface area contributed by atoms with Crippen LogP contribution in [-0.4, -0.2) is 16.0 Å². The minimum atomic E-state index is -0.0610. The highest BCUT2D eigenvalue weighted by Gasteiger charge is 2.16. The first-order chi connectivity index (χ1) is 12.1. The number of hydrogen-bond donors (Lipinski definition) is 2. The van der Waals surface area contributed by atoms with E-state index >= 15 is 0 Å². The van der Waals surface area contributed by atoms with E-state index in [4.69, 9.17) is 0 Å². The molecule has 1 aromatic carbocycles. The average Bonchev–Trinajstić information content (AvgIpc) is 2.60. The maximum Gasteiger partial charge on any atom is 0.166 e. The zero-order chi connectivity index (χ0) is 18.5. The van der Waals surface area contributed by atoms with Gasteiger partial charge in [0.05, 0.1) is 5.56 Å². The lowest BCUT2D eigenvalue weighted by Gasteiger charge is -2.11. The molecule has 3 nitrogen and oxygen atoms in total. The number of Topliss-reactive ketones (excluding diaryl/α,β-unsaturated/α-hetero) is 1. The molecule has 0 aliphatic carbocycles. The summed E-state index contributed by atoms with van der Waals surface area (Å²) in [4.78, 5) is 12.4. The zero-order valence-electron chi connectivity index (χ0n) is 16.1. The quantitative estimate of drug-likeness (QED) is 0.228. The van der Waals surface area contributed by atoms with Gasteiger partial charge in [0, 0.05) is 6.42 Å². The van der Waals surface area contributed by atoms with E-state index in [0.717, 1.165) is 32.1 Å². The summed E-state index contributed by atoms with van der Waals surface area (Å²) >= 11 is 0. The van der Waals surface area contributed by atoms with E-state index in [0.29, 0.717) is 18.4 Å². The van der Waals surface area contributed by atoms with Crippen LogP contribution in [0.15, 0.2) is 12.1 Å². The van der Waals surface area contributed by atoms with Crippen LogP contribution in [0.1, 0.15) is 107 Å². The maximum absolute atomic E-state index is 12.4. The second-order valence-electron chi connectivity index (χ2n) is 7.11. The van der Waals surface area contributed by atoms with Crippen LogP contribution in [0.4, 0.5) is 0 Å². The minimum Gasteiger partial charge on any atom is -0.508 e. The Morgan fingerprint density at radius 1 is 0.800 bits per heavy atom. The second-order valence-corrected chi connectivity index (χ2v) is 7.11. The van der Waals surface area contributed by atoms with E-state index in [9.17, 15) is 15.0 Å². The number of aryl methyl sites for hydroxylation is 1. The lowest BCUT2D eigenvalue weighted by Crippen LogP contribution is -2.02. The molecule has 0 fully saturated rings. The first-order valence-corrected chi connectivity index (χ1v) is 10.2. The Balaban J connectivity index is 2.54. The van der Waals surface area contributed by atoms with Gasteiger partial charge in [-0.1, -0.05) is 71.6 Å². The molecule has 0 saturated heterocycles. The third kappa shape index (κ3) is 8.42. The van der Waals surface area contributed by atoms with Crippen LogP contribution in [-0.2, 0) is 6.42 Å². The molecule has 0 spiro atoms. The number of phenolic OH excluding ortho intramolecular Hbond substituents is 2. The van der Waals surface area contributed by atoms with Crippen LogP contribution in [0, 0.1) is 0 Å². The predicted molar refractivity (Wildman–Crippen MR) is 105 cm³/mol. The van der Waals surface area contributed by atoms with Crippen LogP contribution in [0.5, 0.6) is 11.5 Å². The van der Waals surface area contributed by atoms with E-state index in [1.165, 1.54) is 44.6 Å². The summed E-state index contributed by atoms with van der Waals surface area (Å²) in [6.45, 7) is 4.37. The Morgan fingerprint density at radius 3 is 2.00 bits per heavy atom. The summed E-state index contributed by atoms with van der Waals surface area (Å²) in [5, 5.41) is 20.4. The third-order valence-electron chi connectivity index (χ3n) is 4.78. The molecule has 3 heteroatoms. The number of rotatable bonds is 14. The largest absolute Gasteiger partial charge is 0.508 e. The summed E-state index contributed by atoms with van der Waals surface area (Å²) in [5.41, 5.74) is 0.987. The van der Waals surface area contributed by atoms with E-state index < -0.39 is 0 Å². The fourth-order valence-electron chi connectivity index (χ4n) is 3.20. The molecule has 0 unspecified atom stereocenters. The number of carbonyl (C=O) groups is 1. The maximum atomic E-state index is 12.4. The molecule has 142 valence electrons. The molecule has 0 heterocycles. The van der Waals surface area contributed by atoms with E-state index in [-0.39, 0.29) is 22.8 Å². The minimum absolute atomic E-state index is 0.0610. The van der Waals surface area contributed by atoms with Gasteiger partial charge in [-0.25, -0.2) is 0 Å². The molecule has 0 aromatic heterocycles. The highest BCUT2D eigenvalue weighted by molar-refractivity contribution is 5.99. The van der Waals surface area contributed by atoms with Gasteiger partial charge in [-0.15, -0.1) is 0 Å². The molecule has 0 radical (unpaired) electrons. The van der Waals surface area contributed by atoms with Crippen molar-refractivity contribution >= 4 is 5.78 Å². The van der Waals surface area contributed by atoms with Crippen molar-refractivity contribution in [2.45, 2.75) is 97.3 Å². The molecule has 0 bridgehead atoms.